The molecule has 4 nitrogen and oxygen atoms in total. The van der Waals surface area contributed by atoms with Gasteiger partial charge in [-0.05, 0) is 18.6 Å². The molecule has 1 heterocycles. The molecule has 0 aromatic heterocycles. The van der Waals surface area contributed by atoms with Gasteiger partial charge in [0.15, 0.2) is 5.78 Å². The summed E-state index contributed by atoms with van der Waals surface area (Å²) in [5.74, 6) is -1.00. The Bertz CT molecular complexity index is 777. The predicted molar refractivity (Wildman–Crippen MR) is 80.6 cm³/mol. The number of hydrogen-bond acceptors (Lipinski definition) is 4. The number of rotatable bonds is 1. The molecule has 22 heavy (non-hydrogen) atoms. The van der Waals surface area contributed by atoms with E-state index in [-0.39, 0.29) is 22.8 Å². The van der Waals surface area contributed by atoms with Crippen LogP contribution >= 0.6 is 15.9 Å². The van der Waals surface area contributed by atoms with Crippen molar-refractivity contribution in [2.24, 2.45) is 5.73 Å². The molecule has 1 aliphatic carbocycles. The lowest BCUT2D eigenvalue weighted by Gasteiger charge is -2.31. The molecule has 0 spiro atoms. The van der Waals surface area contributed by atoms with Crippen LogP contribution in [0, 0.1) is 17.1 Å². The van der Waals surface area contributed by atoms with Crippen LogP contribution in [0.3, 0.4) is 0 Å². The van der Waals surface area contributed by atoms with Crippen LogP contribution in [0.4, 0.5) is 4.39 Å². The smallest absolute Gasteiger partial charge is 0.205 e. The van der Waals surface area contributed by atoms with E-state index in [1.165, 1.54) is 6.07 Å². The van der Waals surface area contributed by atoms with E-state index >= 15 is 0 Å². The van der Waals surface area contributed by atoms with E-state index in [1.807, 2.05) is 6.07 Å². The molecule has 0 bridgehead atoms. The van der Waals surface area contributed by atoms with Crippen molar-refractivity contribution in [3.05, 3.63) is 56.8 Å². The van der Waals surface area contributed by atoms with Crippen LogP contribution in [0.25, 0.3) is 0 Å². The van der Waals surface area contributed by atoms with Gasteiger partial charge < -0.3 is 10.5 Å². The molecule has 1 aromatic rings. The van der Waals surface area contributed by atoms with Crippen LogP contribution in [0.5, 0.6) is 0 Å². The fourth-order valence-corrected chi connectivity index (χ4v) is 3.24. The Morgan fingerprint density at radius 2 is 2.18 bits per heavy atom. The molecule has 2 aliphatic rings. The minimum atomic E-state index is -0.797. The standard InChI is InChI=1S/C16H12BrFN2O2/c17-8-4-5-9(11(18)6-8)14-10(7-19)16(20)22-13-3-1-2-12(21)15(13)14/h4-6,14H,1-3,20H2/t14-/m1/s1. The largest absolute Gasteiger partial charge is 0.444 e. The van der Waals surface area contributed by atoms with Gasteiger partial charge in [0.25, 0.3) is 0 Å². The number of hydrogen-bond donors (Lipinski definition) is 1. The molecule has 0 saturated carbocycles. The highest BCUT2D eigenvalue weighted by molar-refractivity contribution is 9.10. The number of Topliss-reactive ketones (excluding diaryl/α,β-unsaturated/α-hetero) is 1. The van der Waals surface area contributed by atoms with E-state index in [2.05, 4.69) is 15.9 Å². The first kappa shape index (κ1) is 14.8. The molecule has 3 rings (SSSR count). The molecule has 0 saturated heterocycles. The number of ether oxygens (including phenoxy) is 1. The minimum absolute atomic E-state index is 0.0525. The Morgan fingerprint density at radius 3 is 2.86 bits per heavy atom. The molecule has 1 aromatic carbocycles. The number of nitrogens with zero attached hydrogens (tertiary/aromatic N) is 1. The highest BCUT2D eigenvalue weighted by atomic mass is 79.9. The van der Waals surface area contributed by atoms with Gasteiger partial charge in [0.05, 0.1) is 5.92 Å². The first-order valence-corrected chi connectivity index (χ1v) is 7.61. The molecule has 0 fully saturated rings. The van der Waals surface area contributed by atoms with E-state index in [9.17, 15) is 14.4 Å². The molecule has 2 N–H and O–H groups in total. The van der Waals surface area contributed by atoms with Crippen LogP contribution in [0.15, 0.2) is 45.5 Å². The maximum absolute atomic E-state index is 14.4. The summed E-state index contributed by atoms with van der Waals surface area (Å²) in [6, 6.07) is 6.51. The Morgan fingerprint density at radius 1 is 1.41 bits per heavy atom. The van der Waals surface area contributed by atoms with Crippen LogP contribution in [0.2, 0.25) is 0 Å². The van der Waals surface area contributed by atoms with E-state index < -0.39 is 11.7 Å². The molecule has 0 amide bonds. The second-order valence-corrected chi connectivity index (χ2v) is 6.12. The number of allylic oxidation sites excluding steroid dienone is 3. The van der Waals surface area contributed by atoms with Crippen molar-refractivity contribution in [3.8, 4) is 6.07 Å². The number of carbonyl (C=O) groups is 1. The lowest BCUT2D eigenvalue weighted by atomic mass is 9.77. The van der Waals surface area contributed by atoms with Gasteiger partial charge in [-0.15, -0.1) is 0 Å². The minimum Gasteiger partial charge on any atom is -0.444 e. The first-order chi connectivity index (χ1) is 10.5. The van der Waals surface area contributed by atoms with Crippen molar-refractivity contribution in [1.82, 2.24) is 0 Å². The summed E-state index contributed by atoms with van der Waals surface area (Å²) in [6.45, 7) is 0. The van der Waals surface area contributed by atoms with Crippen molar-refractivity contribution in [3.63, 3.8) is 0 Å². The first-order valence-electron chi connectivity index (χ1n) is 6.81. The Balaban J connectivity index is 2.22. The number of carbonyl (C=O) groups excluding carboxylic acids is 1. The van der Waals surface area contributed by atoms with Gasteiger partial charge >= 0.3 is 0 Å². The second-order valence-electron chi connectivity index (χ2n) is 5.20. The number of benzene rings is 1. The fourth-order valence-electron chi connectivity index (χ4n) is 2.90. The molecule has 0 unspecified atom stereocenters. The van der Waals surface area contributed by atoms with Crippen molar-refractivity contribution in [2.45, 2.75) is 25.2 Å². The topological polar surface area (TPSA) is 76.1 Å². The summed E-state index contributed by atoms with van der Waals surface area (Å²) < 4.78 is 20.4. The quantitative estimate of drug-likeness (QED) is 0.830. The summed E-state index contributed by atoms with van der Waals surface area (Å²) in [4.78, 5) is 12.3. The summed E-state index contributed by atoms with van der Waals surface area (Å²) in [5.41, 5.74) is 6.50. The zero-order valence-electron chi connectivity index (χ0n) is 11.5. The zero-order chi connectivity index (χ0) is 15.9. The van der Waals surface area contributed by atoms with Crippen LogP contribution < -0.4 is 5.73 Å². The predicted octanol–water partition coefficient (Wildman–Crippen LogP) is 3.40. The SMILES string of the molecule is N#CC1=C(N)OC2=C(C(=O)CCC2)[C@@H]1c1ccc(Br)cc1F. The van der Waals surface area contributed by atoms with Gasteiger partial charge in [0.1, 0.15) is 23.2 Å². The van der Waals surface area contributed by atoms with Crippen LogP contribution in [-0.2, 0) is 9.53 Å². The second kappa shape index (κ2) is 5.58. The Hall–Kier alpha value is -2.13. The number of nitrogens with two attached hydrogens (primary N) is 1. The Labute approximate surface area is 135 Å². The third kappa shape index (κ3) is 2.32. The summed E-state index contributed by atoms with van der Waals surface area (Å²) in [5, 5.41) is 9.38. The van der Waals surface area contributed by atoms with Gasteiger partial charge in [-0.25, -0.2) is 4.39 Å². The maximum atomic E-state index is 14.4. The number of ketones is 1. The van der Waals surface area contributed by atoms with Crippen molar-refractivity contribution >= 4 is 21.7 Å². The fraction of sp³-hybridized carbons (Fsp3) is 0.250. The van der Waals surface area contributed by atoms with Gasteiger partial charge in [0.2, 0.25) is 5.88 Å². The van der Waals surface area contributed by atoms with Crippen molar-refractivity contribution in [1.29, 1.82) is 5.26 Å². The lowest BCUT2D eigenvalue weighted by molar-refractivity contribution is -0.116. The normalized spacial score (nSPS) is 21.3. The maximum Gasteiger partial charge on any atom is 0.205 e. The summed E-state index contributed by atoms with van der Waals surface area (Å²) in [6.07, 6.45) is 1.60. The van der Waals surface area contributed by atoms with Gasteiger partial charge in [-0.3, -0.25) is 4.79 Å². The molecule has 6 heteroatoms. The van der Waals surface area contributed by atoms with Gasteiger partial charge in [0, 0.05) is 28.5 Å². The molecule has 1 aliphatic heterocycles. The third-order valence-corrected chi connectivity index (χ3v) is 4.37. The summed E-state index contributed by atoms with van der Waals surface area (Å²) >= 11 is 3.20. The molecular formula is C16H12BrFN2O2. The number of nitriles is 1. The Kier molecular flexibility index (Phi) is 3.75. The molecular weight excluding hydrogens is 351 g/mol. The van der Waals surface area contributed by atoms with Crippen molar-refractivity contribution < 1.29 is 13.9 Å². The van der Waals surface area contributed by atoms with E-state index in [0.717, 1.165) is 0 Å². The monoisotopic (exact) mass is 362 g/mol. The highest BCUT2D eigenvalue weighted by Gasteiger charge is 2.39. The third-order valence-electron chi connectivity index (χ3n) is 3.88. The average molecular weight is 363 g/mol. The molecule has 112 valence electrons. The van der Waals surface area contributed by atoms with Crippen LogP contribution in [-0.4, -0.2) is 5.78 Å². The van der Waals surface area contributed by atoms with Crippen molar-refractivity contribution in [2.75, 3.05) is 0 Å². The average Bonchev–Trinajstić information content (AvgIpc) is 2.46. The summed E-state index contributed by atoms with van der Waals surface area (Å²) in [7, 11) is 0. The lowest BCUT2D eigenvalue weighted by Crippen LogP contribution is -2.27. The molecule has 0 radical (unpaired) electrons. The molecule has 1 atom stereocenters. The number of halogens is 2. The van der Waals surface area contributed by atoms with Gasteiger partial charge in [-0.2, -0.15) is 5.26 Å². The van der Waals surface area contributed by atoms with E-state index in [0.29, 0.717) is 35.1 Å². The van der Waals surface area contributed by atoms with Crippen LogP contribution in [0.1, 0.15) is 30.7 Å². The highest BCUT2D eigenvalue weighted by Crippen LogP contribution is 2.44. The van der Waals surface area contributed by atoms with E-state index in [4.69, 9.17) is 10.5 Å². The zero-order valence-corrected chi connectivity index (χ0v) is 13.1. The van der Waals surface area contributed by atoms with Gasteiger partial charge in [-0.1, -0.05) is 22.0 Å². The van der Waals surface area contributed by atoms with E-state index in [1.54, 1.807) is 12.1 Å².